The van der Waals surface area contributed by atoms with E-state index in [2.05, 4.69) is 36.5 Å². The van der Waals surface area contributed by atoms with Crippen molar-refractivity contribution in [2.75, 3.05) is 25.9 Å². The zero-order valence-electron chi connectivity index (χ0n) is 13.3. The van der Waals surface area contributed by atoms with Gasteiger partial charge in [0.25, 0.3) is 0 Å². The number of benzene rings is 1. The van der Waals surface area contributed by atoms with E-state index >= 15 is 0 Å². The minimum absolute atomic E-state index is 0.0154. The van der Waals surface area contributed by atoms with E-state index in [1.807, 2.05) is 11.8 Å². The van der Waals surface area contributed by atoms with Gasteiger partial charge in [0.15, 0.2) is 0 Å². The van der Waals surface area contributed by atoms with Crippen molar-refractivity contribution in [2.24, 2.45) is 5.92 Å². The standard InChI is InChI=1S/C17H24N2O2S/c1-13-6-3-4-7-14(13)12-22-9-5-8-18-17(21)15-10-16(20)19(2)11-15/h3-4,6-7,15H,5,8-12H2,1-2H3,(H,18,21). The molecule has 1 heterocycles. The van der Waals surface area contributed by atoms with E-state index in [-0.39, 0.29) is 17.7 Å². The second-order valence-electron chi connectivity index (χ2n) is 5.80. The predicted octanol–water partition coefficient (Wildman–Crippen LogP) is 2.21. The quantitative estimate of drug-likeness (QED) is 0.784. The number of hydrogen-bond acceptors (Lipinski definition) is 3. The third-order valence-electron chi connectivity index (χ3n) is 4.00. The van der Waals surface area contributed by atoms with E-state index in [0.717, 1.165) is 17.9 Å². The molecule has 0 aromatic heterocycles. The van der Waals surface area contributed by atoms with Gasteiger partial charge in [-0.25, -0.2) is 0 Å². The maximum atomic E-state index is 11.9. The van der Waals surface area contributed by atoms with Crippen molar-refractivity contribution in [1.29, 1.82) is 0 Å². The van der Waals surface area contributed by atoms with Gasteiger partial charge in [-0.1, -0.05) is 24.3 Å². The zero-order valence-corrected chi connectivity index (χ0v) is 14.1. The van der Waals surface area contributed by atoms with Crippen molar-refractivity contribution in [3.8, 4) is 0 Å². The summed E-state index contributed by atoms with van der Waals surface area (Å²) >= 11 is 1.89. The van der Waals surface area contributed by atoms with Crippen LogP contribution in [-0.2, 0) is 15.3 Å². The molecule has 1 aliphatic heterocycles. The molecule has 120 valence electrons. The lowest BCUT2D eigenvalue weighted by Gasteiger charge is -2.11. The van der Waals surface area contributed by atoms with Crippen LogP contribution in [0, 0.1) is 12.8 Å². The fourth-order valence-corrected chi connectivity index (χ4v) is 3.56. The molecule has 1 aliphatic rings. The molecular weight excluding hydrogens is 296 g/mol. The molecule has 0 saturated carbocycles. The molecule has 5 heteroatoms. The maximum absolute atomic E-state index is 11.9. The third kappa shape index (κ3) is 4.77. The molecule has 2 amide bonds. The molecular formula is C17H24N2O2S. The molecule has 22 heavy (non-hydrogen) atoms. The van der Waals surface area contributed by atoms with Crippen molar-refractivity contribution >= 4 is 23.6 Å². The number of nitrogens with one attached hydrogen (secondary N) is 1. The summed E-state index contributed by atoms with van der Waals surface area (Å²) in [6.45, 7) is 3.37. The van der Waals surface area contributed by atoms with Crippen LogP contribution < -0.4 is 5.32 Å². The second kappa shape index (κ2) is 8.22. The number of nitrogens with zero attached hydrogens (tertiary/aromatic N) is 1. The van der Waals surface area contributed by atoms with Crippen LogP contribution in [0.2, 0.25) is 0 Å². The first kappa shape index (κ1) is 16.9. The Kier molecular flexibility index (Phi) is 6.31. The number of rotatable bonds is 7. The first-order valence-corrected chi connectivity index (χ1v) is 8.87. The van der Waals surface area contributed by atoms with Crippen molar-refractivity contribution in [3.05, 3.63) is 35.4 Å². The van der Waals surface area contributed by atoms with Crippen LogP contribution >= 0.6 is 11.8 Å². The Morgan fingerprint density at radius 2 is 2.18 bits per heavy atom. The molecule has 0 spiro atoms. The minimum Gasteiger partial charge on any atom is -0.356 e. The molecule has 0 aliphatic carbocycles. The number of amides is 2. The molecule has 0 radical (unpaired) electrons. The number of thioether (sulfide) groups is 1. The SMILES string of the molecule is Cc1ccccc1CSCCCNC(=O)C1CC(=O)N(C)C1. The predicted molar refractivity (Wildman–Crippen MR) is 90.7 cm³/mol. The van der Waals surface area contributed by atoms with Crippen molar-refractivity contribution in [2.45, 2.75) is 25.5 Å². The highest BCUT2D eigenvalue weighted by atomic mass is 32.2. The Morgan fingerprint density at radius 1 is 1.41 bits per heavy atom. The van der Waals surface area contributed by atoms with Gasteiger partial charge in [-0.2, -0.15) is 11.8 Å². The summed E-state index contributed by atoms with van der Waals surface area (Å²) in [7, 11) is 1.75. The monoisotopic (exact) mass is 320 g/mol. The summed E-state index contributed by atoms with van der Waals surface area (Å²) < 4.78 is 0. The van der Waals surface area contributed by atoms with E-state index in [4.69, 9.17) is 0 Å². The molecule has 2 rings (SSSR count). The van der Waals surface area contributed by atoms with Crippen molar-refractivity contribution in [1.82, 2.24) is 10.2 Å². The average Bonchev–Trinajstić information content (AvgIpc) is 2.84. The van der Waals surface area contributed by atoms with E-state index < -0.39 is 0 Å². The van der Waals surface area contributed by atoms with Crippen LogP contribution in [0.3, 0.4) is 0 Å². The molecule has 0 bridgehead atoms. The van der Waals surface area contributed by atoms with Gasteiger partial charge < -0.3 is 10.2 Å². The smallest absolute Gasteiger partial charge is 0.225 e. The first-order valence-electron chi connectivity index (χ1n) is 7.72. The Hall–Kier alpha value is -1.49. The van der Waals surface area contributed by atoms with Gasteiger partial charge in [-0.3, -0.25) is 9.59 Å². The molecule has 1 saturated heterocycles. The van der Waals surface area contributed by atoms with Crippen LogP contribution in [0.4, 0.5) is 0 Å². The number of aryl methyl sites for hydroxylation is 1. The number of hydrogen-bond donors (Lipinski definition) is 1. The summed E-state index contributed by atoms with van der Waals surface area (Å²) in [4.78, 5) is 25.0. The highest BCUT2D eigenvalue weighted by molar-refractivity contribution is 7.98. The number of carbonyl (C=O) groups excluding carboxylic acids is 2. The van der Waals surface area contributed by atoms with Crippen molar-refractivity contribution in [3.63, 3.8) is 0 Å². The van der Waals surface area contributed by atoms with Gasteiger partial charge in [0.1, 0.15) is 0 Å². The summed E-state index contributed by atoms with van der Waals surface area (Å²) in [5.74, 6) is 1.95. The van der Waals surface area contributed by atoms with Crippen LogP contribution in [0.1, 0.15) is 24.0 Å². The maximum Gasteiger partial charge on any atom is 0.225 e. The second-order valence-corrected chi connectivity index (χ2v) is 6.90. The molecule has 1 atom stereocenters. The van der Waals surface area contributed by atoms with Gasteiger partial charge in [0, 0.05) is 32.3 Å². The van der Waals surface area contributed by atoms with E-state index in [1.165, 1.54) is 11.1 Å². The van der Waals surface area contributed by atoms with E-state index in [1.54, 1.807) is 11.9 Å². The topological polar surface area (TPSA) is 49.4 Å². The fourth-order valence-electron chi connectivity index (χ4n) is 2.52. The largest absolute Gasteiger partial charge is 0.356 e. The lowest BCUT2D eigenvalue weighted by atomic mass is 10.1. The summed E-state index contributed by atoms with van der Waals surface area (Å²) in [5, 5.41) is 2.94. The summed E-state index contributed by atoms with van der Waals surface area (Å²) in [5.41, 5.74) is 2.71. The molecule has 1 fully saturated rings. The fraction of sp³-hybridized carbons (Fsp3) is 0.529. The Bertz CT molecular complexity index is 533. The highest BCUT2D eigenvalue weighted by Gasteiger charge is 2.31. The van der Waals surface area contributed by atoms with Gasteiger partial charge in [0.2, 0.25) is 11.8 Å². The van der Waals surface area contributed by atoms with Gasteiger partial charge in [-0.05, 0) is 30.2 Å². The molecule has 1 unspecified atom stereocenters. The highest BCUT2D eigenvalue weighted by Crippen LogP contribution is 2.17. The van der Waals surface area contributed by atoms with E-state index in [9.17, 15) is 9.59 Å². The van der Waals surface area contributed by atoms with Crippen molar-refractivity contribution < 1.29 is 9.59 Å². The lowest BCUT2D eigenvalue weighted by molar-refractivity contribution is -0.128. The van der Waals surface area contributed by atoms with Crippen LogP contribution in [0.25, 0.3) is 0 Å². The van der Waals surface area contributed by atoms with Crippen LogP contribution in [0.15, 0.2) is 24.3 Å². The lowest BCUT2D eigenvalue weighted by Crippen LogP contribution is -2.33. The van der Waals surface area contributed by atoms with Crippen LogP contribution in [0.5, 0.6) is 0 Å². The Labute approximate surface area is 136 Å². The van der Waals surface area contributed by atoms with Gasteiger partial charge >= 0.3 is 0 Å². The summed E-state index contributed by atoms with van der Waals surface area (Å²) in [6.07, 6.45) is 1.31. The molecule has 4 nitrogen and oxygen atoms in total. The normalized spacial score (nSPS) is 17.8. The third-order valence-corrected chi connectivity index (χ3v) is 5.09. The first-order chi connectivity index (χ1) is 10.6. The summed E-state index contributed by atoms with van der Waals surface area (Å²) in [6, 6.07) is 8.43. The Balaban J connectivity index is 1.57. The minimum atomic E-state index is -0.169. The number of carbonyl (C=O) groups is 2. The molecule has 1 aromatic carbocycles. The zero-order chi connectivity index (χ0) is 15.9. The van der Waals surface area contributed by atoms with Gasteiger partial charge in [0.05, 0.1) is 5.92 Å². The average molecular weight is 320 g/mol. The molecule has 1 aromatic rings. The molecule has 1 N–H and O–H groups in total. The van der Waals surface area contributed by atoms with E-state index in [0.29, 0.717) is 19.5 Å². The van der Waals surface area contributed by atoms with Crippen LogP contribution in [-0.4, -0.2) is 42.6 Å². The number of likely N-dealkylation sites (tertiary alicyclic amines) is 1. The Morgan fingerprint density at radius 3 is 2.86 bits per heavy atom. The van der Waals surface area contributed by atoms with Gasteiger partial charge in [-0.15, -0.1) is 0 Å².